The Kier molecular flexibility index (Phi) is 5.30. The van der Waals surface area contributed by atoms with E-state index >= 15 is 0 Å². The van der Waals surface area contributed by atoms with Crippen molar-refractivity contribution in [2.24, 2.45) is 7.05 Å². The monoisotopic (exact) mass is 345 g/mol. The van der Waals surface area contributed by atoms with Gasteiger partial charge < -0.3 is 15.5 Å². The van der Waals surface area contributed by atoms with Crippen LogP contribution in [0.3, 0.4) is 0 Å². The van der Waals surface area contributed by atoms with Crippen molar-refractivity contribution < 1.29 is 4.79 Å². The zero-order chi connectivity index (χ0) is 16.9. The molecule has 2 aromatic rings. The molecule has 128 valence electrons. The van der Waals surface area contributed by atoms with Gasteiger partial charge in [0.1, 0.15) is 0 Å². The molecule has 0 aliphatic carbocycles. The van der Waals surface area contributed by atoms with E-state index in [-0.39, 0.29) is 6.03 Å². The van der Waals surface area contributed by atoms with Gasteiger partial charge in [-0.1, -0.05) is 0 Å². The average molecular weight is 345 g/mol. The van der Waals surface area contributed by atoms with Crippen molar-refractivity contribution in [1.82, 2.24) is 15.1 Å². The second kappa shape index (κ2) is 7.61. The SMILES string of the molecule is Cc1cc(N2CCSCC2)ccc1NC(=O)NCc1cnn(C)c1. The number of carbonyl (C=O) groups excluding carboxylic acids is 1. The van der Waals surface area contributed by atoms with Gasteiger partial charge in [-0.2, -0.15) is 16.9 Å². The fraction of sp³-hybridized carbons (Fsp3) is 0.412. The molecule has 24 heavy (non-hydrogen) atoms. The fourth-order valence-electron chi connectivity index (χ4n) is 2.72. The van der Waals surface area contributed by atoms with E-state index < -0.39 is 0 Å². The normalized spacial score (nSPS) is 14.5. The lowest BCUT2D eigenvalue weighted by atomic mass is 10.1. The minimum absolute atomic E-state index is 0.205. The van der Waals surface area contributed by atoms with Crippen molar-refractivity contribution >= 4 is 29.2 Å². The van der Waals surface area contributed by atoms with Gasteiger partial charge in [0.25, 0.3) is 0 Å². The third kappa shape index (κ3) is 4.23. The number of nitrogens with one attached hydrogen (secondary N) is 2. The smallest absolute Gasteiger partial charge is 0.319 e. The zero-order valence-corrected chi connectivity index (χ0v) is 14.9. The highest BCUT2D eigenvalue weighted by Gasteiger charge is 2.12. The van der Waals surface area contributed by atoms with Crippen LogP contribution in [0.4, 0.5) is 16.2 Å². The molecule has 1 aliphatic rings. The summed E-state index contributed by atoms with van der Waals surface area (Å²) in [5.74, 6) is 2.35. The minimum Gasteiger partial charge on any atom is -0.370 e. The number of urea groups is 1. The number of benzene rings is 1. The van der Waals surface area contributed by atoms with Gasteiger partial charge in [-0.3, -0.25) is 4.68 Å². The average Bonchev–Trinajstić information content (AvgIpc) is 3.01. The molecule has 0 saturated carbocycles. The minimum atomic E-state index is -0.205. The number of hydrogen-bond acceptors (Lipinski definition) is 4. The van der Waals surface area contributed by atoms with E-state index in [0.29, 0.717) is 6.54 Å². The Balaban J connectivity index is 1.57. The Hall–Kier alpha value is -2.15. The lowest BCUT2D eigenvalue weighted by Gasteiger charge is -2.29. The molecule has 0 radical (unpaired) electrons. The van der Waals surface area contributed by atoms with E-state index in [2.05, 4.69) is 32.8 Å². The highest BCUT2D eigenvalue weighted by atomic mass is 32.2. The standard InChI is InChI=1S/C17H23N5OS/c1-13-9-15(22-5-7-24-8-6-22)3-4-16(13)20-17(23)18-10-14-11-19-21(2)12-14/h3-4,9,11-12H,5-8,10H2,1-2H3,(H2,18,20,23). The first-order valence-corrected chi connectivity index (χ1v) is 9.23. The Labute approximate surface area is 146 Å². The number of amides is 2. The Morgan fingerprint density at radius 1 is 1.33 bits per heavy atom. The van der Waals surface area contributed by atoms with Crippen molar-refractivity contribution in [2.45, 2.75) is 13.5 Å². The van der Waals surface area contributed by atoms with Crippen LogP contribution >= 0.6 is 11.8 Å². The molecule has 1 saturated heterocycles. The van der Waals surface area contributed by atoms with Crippen LogP contribution in [0.15, 0.2) is 30.6 Å². The molecule has 0 spiro atoms. The Morgan fingerprint density at radius 3 is 2.79 bits per heavy atom. The third-order valence-corrected chi connectivity index (χ3v) is 4.99. The topological polar surface area (TPSA) is 62.2 Å². The molecule has 1 fully saturated rings. The van der Waals surface area contributed by atoms with E-state index in [4.69, 9.17) is 0 Å². The van der Waals surface area contributed by atoms with Crippen molar-refractivity contribution in [3.8, 4) is 0 Å². The van der Waals surface area contributed by atoms with Gasteiger partial charge in [0.2, 0.25) is 0 Å². The molecular formula is C17H23N5OS. The molecule has 1 aromatic carbocycles. The van der Waals surface area contributed by atoms with E-state index in [1.807, 2.05) is 38.0 Å². The van der Waals surface area contributed by atoms with Crippen LogP contribution in [0.25, 0.3) is 0 Å². The first kappa shape index (κ1) is 16.7. The summed E-state index contributed by atoms with van der Waals surface area (Å²) >= 11 is 2.00. The zero-order valence-electron chi connectivity index (χ0n) is 14.1. The van der Waals surface area contributed by atoms with Gasteiger partial charge in [0.05, 0.1) is 6.20 Å². The summed E-state index contributed by atoms with van der Waals surface area (Å²) in [4.78, 5) is 14.5. The summed E-state index contributed by atoms with van der Waals surface area (Å²) < 4.78 is 1.72. The van der Waals surface area contributed by atoms with Crippen molar-refractivity contribution in [2.75, 3.05) is 34.8 Å². The number of rotatable bonds is 4. The lowest BCUT2D eigenvalue weighted by Crippen LogP contribution is -2.32. The molecule has 3 rings (SSSR count). The molecule has 1 aromatic heterocycles. The summed E-state index contributed by atoms with van der Waals surface area (Å²) in [5, 5.41) is 9.85. The maximum atomic E-state index is 12.1. The first-order chi connectivity index (χ1) is 11.6. The highest BCUT2D eigenvalue weighted by molar-refractivity contribution is 7.99. The van der Waals surface area contributed by atoms with Crippen LogP contribution < -0.4 is 15.5 Å². The largest absolute Gasteiger partial charge is 0.370 e. The number of nitrogens with zero attached hydrogens (tertiary/aromatic N) is 3. The molecule has 0 bridgehead atoms. The second-order valence-corrected chi connectivity index (χ2v) is 7.15. The van der Waals surface area contributed by atoms with Crippen molar-refractivity contribution in [3.63, 3.8) is 0 Å². The number of carbonyl (C=O) groups is 1. The summed E-state index contributed by atoms with van der Waals surface area (Å²) in [5.41, 5.74) is 4.12. The fourth-order valence-corrected chi connectivity index (χ4v) is 3.62. The van der Waals surface area contributed by atoms with Crippen LogP contribution in [0.2, 0.25) is 0 Å². The van der Waals surface area contributed by atoms with Crippen LogP contribution in [0.5, 0.6) is 0 Å². The summed E-state index contributed by atoms with van der Waals surface area (Å²) in [6.07, 6.45) is 3.63. The number of aryl methyl sites for hydroxylation is 2. The van der Waals surface area contributed by atoms with Gasteiger partial charge in [-0.15, -0.1) is 0 Å². The van der Waals surface area contributed by atoms with Crippen LogP contribution in [-0.4, -0.2) is 40.4 Å². The van der Waals surface area contributed by atoms with Crippen LogP contribution in [-0.2, 0) is 13.6 Å². The molecule has 1 aliphatic heterocycles. The highest BCUT2D eigenvalue weighted by Crippen LogP contribution is 2.24. The molecule has 0 atom stereocenters. The summed E-state index contributed by atoms with van der Waals surface area (Å²) in [6, 6.07) is 6.01. The van der Waals surface area contributed by atoms with Crippen LogP contribution in [0.1, 0.15) is 11.1 Å². The second-order valence-electron chi connectivity index (χ2n) is 5.93. The number of anilines is 2. The molecule has 2 N–H and O–H groups in total. The van der Waals surface area contributed by atoms with E-state index in [1.165, 1.54) is 17.2 Å². The van der Waals surface area contributed by atoms with E-state index in [9.17, 15) is 4.79 Å². The molecule has 2 amide bonds. The van der Waals surface area contributed by atoms with Gasteiger partial charge in [0.15, 0.2) is 0 Å². The molecular weight excluding hydrogens is 322 g/mol. The number of aromatic nitrogens is 2. The van der Waals surface area contributed by atoms with Gasteiger partial charge >= 0.3 is 6.03 Å². The number of thioether (sulfide) groups is 1. The molecule has 0 unspecified atom stereocenters. The van der Waals surface area contributed by atoms with E-state index in [0.717, 1.165) is 29.9 Å². The maximum absolute atomic E-state index is 12.1. The molecule has 2 heterocycles. The quantitative estimate of drug-likeness (QED) is 0.894. The first-order valence-electron chi connectivity index (χ1n) is 8.07. The Morgan fingerprint density at radius 2 is 2.12 bits per heavy atom. The number of hydrogen-bond donors (Lipinski definition) is 2. The van der Waals surface area contributed by atoms with Gasteiger partial charge in [-0.05, 0) is 30.7 Å². The van der Waals surface area contributed by atoms with Gasteiger partial charge in [0, 0.05) is 61.3 Å². The predicted octanol–water partition coefficient (Wildman–Crippen LogP) is 2.60. The van der Waals surface area contributed by atoms with Gasteiger partial charge in [-0.25, -0.2) is 4.79 Å². The molecule has 6 nitrogen and oxygen atoms in total. The lowest BCUT2D eigenvalue weighted by molar-refractivity contribution is 0.251. The van der Waals surface area contributed by atoms with Crippen molar-refractivity contribution in [3.05, 3.63) is 41.7 Å². The van der Waals surface area contributed by atoms with Crippen molar-refractivity contribution in [1.29, 1.82) is 0 Å². The summed E-state index contributed by atoms with van der Waals surface area (Å²) in [7, 11) is 1.86. The predicted molar refractivity (Wildman–Crippen MR) is 99.8 cm³/mol. The molecule has 7 heteroatoms. The maximum Gasteiger partial charge on any atom is 0.319 e. The summed E-state index contributed by atoms with van der Waals surface area (Å²) in [6.45, 7) is 4.66. The van der Waals surface area contributed by atoms with Crippen LogP contribution in [0, 0.1) is 6.92 Å². The third-order valence-electron chi connectivity index (χ3n) is 4.05. The Bertz CT molecular complexity index is 709. The van der Waals surface area contributed by atoms with E-state index in [1.54, 1.807) is 10.9 Å².